The van der Waals surface area contributed by atoms with Crippen LogP contribution >= 0.6 is 0 Å². The number of nitrogens with one attached hydrogen (secondary N) is 1. The Morgan fingerprint density at radius 2 is 1.66 bits per heavy atom. The van der Waals surface area contributed by atoms with E-state index in [4.69, 9.17) is 23.4 Å². The highest BCUT2D eigenvalue weighted by Gasteiger charge is 2.28. The molecule has 204 valence electrons. The van der Waals surface area contributed by atoms with Crippen molar-refractivity contribution in [3.05, 3.63) is 52.2 Å². The van der Waals surface area contributed by atoms with Gasteiger partial charge in [0.25, 0.3) is 5.91 Å². The van der Waals surface area contributed by atoms with Crippen molar-refractivity contribution in [2.45, 2.75) is 52.7 Å². The highest BCUT2D eigenvalue weighted by Crippen LogP contribution is 2.42. The molecule has 0 unspecified atom stereocenters. The molecule has 1 N–H and O–H groups in total. The predicted molar refractivity (Wildman–Crippen MR) is 144 cm³/mol. The van der Waals surface area contributed by atoms with Crippen molar-refractivity contribution in [1.29, 1.82) is 0 Å². The number of hydrogen-bond donors (Lipinski definition) is 1. The molecule has 1 aromatic heterocycles. The Bertz CT molecular complexity index is 1380. The Balaban J connectivity index is 1.99. The number of hydrogen-bond acceptors (Lipinski definition) is 8. The summed E-state index contributed by atoms with van der Waals surface area (Å²) >= 11 is 0. The van der Waals surface area contributed by atoms with Crippen molar-refractivity contribution in [1.82, 2.24) is 5.32 Å². The van der Waals surface area contributed by atoms with Gasteiger partial charge < -0.3 is 28.7 Å². The third-order valence-electron chi connectivity index (χ3n) is 5.64. The van der Waals surface area contributed by atoms with Crippen LogP contribution in [0.1, 0.15) is 51.4 Å². The van der Waals surface area contributed by atoms with Gasteiger partial charge in [0, 0.05) is 23.3 Å². The maximum atomic E-state index is 13.1. The van der Waals surface area contributed by atoms with Gasteiger partial charge in [0.15, 0.2) is 16.9 Å². The monoisotopic (exact) mass is 525 g/mol. The predicted octanol–water partition coefficient (Wildman–Crippen LogP) is 4.97. The molecule has 3 rings (SSSR count). The van der Waals surface area contributed by atoms with Crippen LogP contribution in [0.3, 0.4) is 0 Å². The van der Waals surface area contributed by atoms with Gasteiger partial charge in [-0.2, -0.15) is 0 Å². The van der Waals surface area contributed by atoms with Gasteiger partial charge in [0.05, 0.1) is 21.3 Å². The second-order valence-corrected chi connectivity index (χ2v) is 10.3. The fourth-order valence-corrected chi connectivity index (χ4v) is 4.04. The van der Waals surface area contributed by atoms with Crippen LogP contribution < -0.4 is 25.0 Å². The van der Waals surface area contributed by atoms with Gasteiger partial charge in [-0.25, -0.2) is 4.79 Å². The summed E-state index contributed by atoms with van der Waals surface area (Å²) in [6, 6.07) is 8.69. The second-order valence-electron chi connectivity index (χ2n) is 10.3. The van der Waals surface area contributed by atoms with E-state index in [1.165, 1.54) is 27.4 Å². The van der Waals surface area contributed by atoms with E-state index in [0.29, 0.717) is 23.3 Å². The van der Waals surface area contributed by atoms with Gasteiger partial charge in [-0.15, -0.1) is 0 Å². The van der Waals surface area contributed by atoms with Gasteiger partial charge in [-0.3, -0.25) is 9.59 Å². The smallest absolute Gasteiger partial charge is 0.329 e. The molecule has 0 fully saturated rings. The first-order valence-electron chi connectivity index (χ1n) is 12.3. The summed E-state index contributed by atoms with van der Waals surface area (Å²) < 4.78 is 27.7. The number of rotatable bonds is 9. The zero-order valence-electron chi connectivity index (χ0n) is 23.1. The molecule has 0 saturated carbocycles. The lowest BCUT2D eigenvalue weighted by atomic mass is 10.0. The number of amides is 1. The minimum Gasteiger partial charge on any atom is -0.493 e. The third-order valence-corrected chi connectivity index (χ3v) is 5.64. The first-order valence-corrected chi connectivity index (χ1v) is 12.3. The molecule has 2 aromatic carbocycles. The van der Waals surface area contributed by atoms with Crippen molar-refractivity contribution < 1.29 is 33.0 Å². The topological polar surface area (TPSA) is 113 Å². The lowest BCUT2D eigenvalue weighted by Gasteiger charge is -2.25. The molecule has 38 heavy (non-hydrogen) atoms. The van der Waals surface area contributed by atoms with E-state index in [1.807, 2.05) is 13.8 Å². The molecule has 0 aliphatic rings. The Hall–Kier alpha value is -4.01. The number of fused-ring (bicyclic) bond motifs is 1. The minimum absolute atomic E-state index is 0.152. The molecule has 0 spiro atoms. The third kappa shape index (κ3) is 6.45. The lowest BCUT2D eigenvalue weighted by molar-refractivity contribution is -0.157. The number of carbonyl (C=O) groups excluding carboxylic acids is 2. The van der Waals surface area contributed by atoms with Crippen molar-refractivity contribution in [3.63, 3.8) is 0 Å². The number of esters is 1. The Labute approximate surface area is 222 Å². The molecule has 9 nitrogen and oxygen atoms in total. The van der Waals surface area contributed by atoms with Crippen LogP contribution in [0, 0.1) is 5.92 Å². The summed E-state index contributed by atoms with van der Waals surface area (Å²) in [6.45, 7) is 9.26. The van der Waals surface area contributed by atoms with Gasteiger partial charge in [-0.05, 0) is 45.2 Å². The van der Waals surface area contributed by atoms with E-state index in [1.54, 1.807) is 51.1 Å². The normalized spacial score (nSPS) is 12.2. The maximum absolute atomic E-state index is 13.1. The molecule has 1 amide bonds. The fraction of sp³-hybridized carbons (Fsp3) is 0.414. The molecule has 0 radical (unpaired) electrons. The summed E-state index contributed by atoms with van der Waals surface area (Å²) in [5, 5.41) is 3.00. The van der Waals surface area contributed by atoms with E-state index in [2.05, 4.69) is 5.32 Å². The van der Waals surface area contributed by atoms with Crippen LogP contribution in [0.15, 0.2) is 45.6 Å². The maximum Gasteiger partial charge on any atom is 0.329 e. The van der Waals surface area contributed by atoms with Gasteiger partial charge in [-0.1, -0.05) is 26.0 Å². The number of benzene rings is 2. The molecular weight excluding hydrogens is 490 g/mol. The molecule has 9 heteroatoms. The zero-order chi connectivity index (χ0) is 28.2. The molecule has 1 atom stereocenters. The van der Waals surface area contributed by atoms with Crippen LogP contribution in [0.2, 0.25) is 0 Å². The van der Waals surface area contributed by atoms with Gasteiger partial charge in [0.2, 0.25) is 5.75 Å². The molecule has 0 bridgehead atoms. The molecule has 0 aliphatic heterocycles. The summed E-state index contributed by atoms with van der Waals surface area (Å²) in [5.41, 5.74) is 0.00472. The van der Waals surface area contributed by atoms with E-state index in [0.717, 1.165) is 0 Å². The minimum atomic E-state index is -0.807. The van der Waals surface area contributed by atoms with Crippen molar-refractivity contribution in [2.75, 3.05) is 21.3 Å². The lowest BCUT2D eigenvalue weighted by Crippen LogP contribution is -2.44. The quantitative estimate of drug-likeness (QED) is 0.390. The van der Waals surface area contributed by atoms with Gasteiger partial charge >= 0.3 is 5.97 Å². The Morgan fingerprint density at radius 1 is 0.974 bits per heavy atom. The van der Waals surface area contributed by atoms with Gasteiger partial charge in [0.1, 0.15) is 28.4 Å². The zero-order valence-corrected chi connectivity index (χ0v) is 23.1. The van der Waals surface area contributed by atoms with Crippen molar-refractivity contribution in [2.24, 2.45) is 5.92 Å². The van der Waals surface area contributed by atoms with E-state index < -0.39 is 23.5 Å². The highest BCUT2D eigenvalue weighted by molar-refractivity contribution is 5.98. The van der Waals surface area contributed by atoms with Crippen molar-refractivity contribution >= 4 is 22.8 Å². The van der Waals surface area contributed by atoms with E-state index in [9.17, 15) is 14.4 Å². The molecule has 3 aromatic rings. The van der Waals surface area contributed by atoms with Crippen LogP contribution in [-0.4, -0.2) is 44.8 Å². The first kappa shape index (κ1) is 28.6. The standard InChI is InChI=1S/C29H35NO8/c1-16(2)12-19(28(33)38-29(3,4)5)30-27(32)18-11-9-10-17(13-18)21-14-20(31)24-22(37-21)15-23(34-6)25(35-7)26(24)36-8/h9-11,13-16,19H,12H2,1-8H3,(H,30,32)/t19-/m0/s1. The van der Waals surface area contributed by atoms with E-state index >= 15 is 0 Å². The average Bonchev–Trinajstić information content (AvgIpc) is 2.85. The van der Waals surface area contributed by atoms with Crippen LogP contribution in [0.5, 0.6) is 17.2 Å². The highest BCUT2D eigenvalue weighted by atomic mass is 16.6. The largest absolute Gasteiger partial charge is 0.493 e. The SMILES string of the molecule is COc1cc2oc(-c3cccc(C(=O)N[C@@H](CC(C)C)C(=O)OC(C)(C)C)c3)cc(=O)c2c(OC)c1OC. The summed E-state index contributed by atoms with van der Waals surface area (Å²) in [6.07, 6.45) is 0.424. The second kappa shape index (κ2) is 11.6. The fourth-order valence-electron chi connectivity index (χ4n) is 4.04. The summed E-state index contributed by atoms with van der Waals surface area (Å²) in [5.74, 6) is 0.282. The summed E-state index contributed by atoms with van der Waals surface area (Å²) in [4.78, 5) is 39.0. The van der Waals surface area contributed by atoms with Crippen LogP contribution in [0.25, 0.3) is 22.3 Å². The van der Waals surface area contributed by atoms with Crippen LogP contribution in [-0.2, 0) is 9.53 Å². The molecule has 1 heterocycles. The number of methoxy groups -OCH3 is 3. The molecule has 0 aliphatic carbocycles. The summed E-state index contributed by atoms with van der Waals surface area (Å²) in [7, 11) is 4.35. The van der Waals surface area contributed by atoms with Crippen molar-refractivity contribution in [3.8, 4) is 28.6 Å². The van der Waals surface area contributed by atoms with Crippen LogP contribution in [0.4, 0.5) is 0 Å². The Kier molecular flexibility index (Phi) is 8.70. The van der Waals surface area contributed by atoms with E-state index in [-0.39, 0.29) is 39.6 Å². The molecular formula is C29H35NO8. The average molecular weight is 526 g/mol. The molecule has 0 saturated heterocycles. The number of ether oxygens (including phenoxy) is 4. The first-order chi connectivity index (χ1) is 17.9. The number of carbonyl (C=O) groups is 2. The Morgan fingerprint density at radius 3 is 2.24 bits per heavy atom.